The van der Waals surface area contributed by atoms with E-state index in [1.165, 1.54) is 12.8 Å². The molecule has 1 unspecified atom stereocenters. The molecule has 0 saturated carbocycles. The van der Waals surface area contributed by atoms with Gasteiger partial charge in [-0.2, -0.15) is 10.2 Å². The van der Waals surface area contributed by atoms with Gasteiger partial charge in [0.05, 0.1) is 29.7 Å². The second-order valence-corrected chi connectivity index (χ2v) is 8.77. The molecule has 10 heteroatoms. The van der Waals surface area contributed by atoms with E-state index in [1.807, 2.05) is 19.3 Å². The predicted octanol–water partition coefficient (Wildman–Crippen LogP) is 3.70. The lowest BCUT2D eigenvalue weighted by atomic mass is 10.2. The summed E-state index contributed by atoms with van der Waals surface area (Å²) in [6.07, 6.45) is 9.66. The van der Waals surface area contributed by atoms with Gasteiger partial charge in [0.15, 0.2) is 11.6 Å². The number of fused-ring (bicyclic) bond motifs is 5. The summed E-state index contributed by atoms with van der Waals surface area (Å²) in [5.41, 5.74) is 1.86. The van der Waals surface area contributed by atoms with Gasteiger partial charge in [0.25, 0.3) is 0 Å². The number of ether oxygens (including phenoxy) is 1. The zero-order valence-electron chi connectivity index (χ0n) is 18.9. The minimum atomic E-state index is 0.222. The van der Waals surface area contributed by atoms with E-state index >= 15 is 0 Å². The molecule has 0 aliphatic carbocycles. The number of pyridine rings is 1. The van der Waals surface area contributed by atoms with Crippen molar-refractivity contribution in [1.82, 2.24) is 34.5 Å². The van der Waals surface area contributed by atoms with Gasteiger partial charge in [0, 0.05) is 38.6 Å². The zero-order chi connectivity index (χ0) is 22.4. The van der Waals surface area contributed by atoms with Crippen LogP contribution in [0.5, 0.6) is 5.88 Å². The lowest BCUT2D eigenvalue weighted by Crippen LogP contribution is -2.19. The van der Waals surface area contributed by atoms with Gasteiger partial charge < -0.3 is 15.0 Å². The van der Waals surface area contributed by atoms with Crippen LogP contribution in [-0.4, -0.2) is 54.2 Å². The number of rotatable bonds is 1. The molecule has 4 bridgehead atoms. The molecule has 6 rings (SSSR count). The van der Waals surface area contributed by atoms with Crippen LogP contribution in [0.4, 0.5) is 17.5 Å². The van der Waals surface area contributed by atoms with Crippen LogP contribution < -0.4 is 15.0 Å². The first-order valence-electron chi connectivity index (χ1n) is 11.6. The summed E-state index contributed by atoms with van der Waals surface area (Å²) < 4.78 is 10.0. The quantitative estimate of drug-likeness (QED) is 0.474. The Hall–Kier alpha value is -3.69. The molecule has 170 valence electrons. The van der Waals surface area contributed by atoms with Gasteiger partial charge in [-0.1, -0.05) is 0 Å². The summed E-state index contributed by atoms with van der Waals surface area (Å²) in [6.45, 7) is 4.89. The van der Waals surface area contributed by atoms with E-state index in [2.05, 4.69) is 38.0 Å². The fourth-order valence-corrected chi connectivity index (χ4v) is 4.69. The van der Waals surface area contributed by atoms with E-state index < -0.39 is 0 Å². The van der Waals surface area contributed by atoms with Gasteiger partial charge in [-0.05, 0) is 38.7 Å². The van der Waals surface area contributed by atoms with Crippen LogP contribution >= 0.6 is 0 Å². The van der Waals surface area contributed by atoms with Crippen molar-refractivity contribution < 1.29 is 4.74 Å². The lowest BCUT2D eigenvalue weighted by Gasteiger charge is -2.16. The maximum absolute atomic E-state index is 6.14. The highest BCUT2D eigenvalue weighted by Crippen LogP contribution is 2.33. The van der Waals surface area contributed by atoms with Crippen molar-refractivity contribution in [2.75, 3.05) is 29.9 Å². The Bertz CT molecular complexity index is 1300. The van der Waals surface area contributed by atoms with Gasteiger partial charge in [-0.3, -0.25) is 4.68 Å². The second-order valence-electron chi connectivity index (χ2n) is 8.77. The van der Waals surface area contributed by atoms with Crippen LogP contribution in [0.3, 0.4) is 0 Å². The van der Waals surface area contributed by atoms with Crippen LogP contribution in [0.25, 0.3) is 22.3 Å². The summed E-state index contributed by atoms with van der Waals surface area (Å²) >= 11 is 0. The number of hydrogen-bond acceptors (Lipinski definition) is 8. The predicted molar refractivity (Wildman–Crippen MR) is 126 cm³/mol. The lowest BCUT2D eigenvalue weighted by molar-refractivity contribution is 0.271. The number of nitrogens with zero attached hydrogens (tertiary/aromatic N) is 8. The molecule has 2 aliphatic rings. The maximum Gasteiger partial charge on any atom is 0.222 e. The molecule has 1 saturated heterocycles. The summed E-state index contributed by atoms with van der Waals surface area (Å²) in [7, 11) is 1.87. The Morgan fingerprint density at radius 1 is 1.09 bits per heavy atom. The van der Waals surface area contributed by atoms with E-state index in [4.69, 9.17) is 19.8 Å². The molecule has 0 spiro atoms. The highest BCUT2D eigenvalue weighted by Gasteiger charge is 2.23. The van der Waals surface area contributed by atoms with Crippen molar-refractivity contribution in [2.45, 2.75) is 38.6 Å². The highest BCUT2D eigenvalue weighted by molar-refractivity contribution is 5.92. The summed E-state index contributed by atoms with van der Waals surface area (Å²) in [4.78, 5) is 16.2. The molecule has 10 nitrogen and oxygen atoms in total. The number of nitrogens with one attached hydrogen (secondary N) is 1. The molecule has 4 aromatic rings. The van der Waals surface area contributed by atoms with Gasteiger partial charge in [-0.25, -0.2) is 19.6 Å². The summed E-state index contributed by atoms with van der Waals surface area (Å²) in [6, 6.07) is 4.13. The monoisotopic (exact) mass is 445 g/mol. The molecule has 33 heavy (non-hydrogen) atoms. The fraction of sp³-hybridized carbons (Fsp3) is 0.435. The first-order valence-corrected chi connectivity index (χ1v) is 11.6. The van der Waals surface area contributed by atoms with Gasteiger partial charge in [0.1, 0.15) is 17.2 Å². The minimum absolute atomic E-state index is 0.222. The smallest absolute Gasteiger partial charge is 0.222 e. The second kappa shape index (κ2) is 8.02. The number of aromatic nitrogens is 7. The molecule has 1 atom stereocenters. The Morgan fingerprint density at radius 2 is 1.97 bits per heavy atom. The van der Waals surface area contributed by atoms with Crippen LogP contribution in [0.1, 0.15) is 38.6 Å². The largest absolute Gasteiger partial charge is 0.477 e. The Labute approximate surface area is 191 Å². The van der Waals surface area contributed by atoms with Gasteiger partial charge in [-0.15, -0.1) is 0 Å². The Kier molecular flexibility index (Phi) is 4.85. The third kappa shape index (κ3) is 3.55. The standard InChI is InChI=1S/C23H27N9O/c1-15-6-5-11-33-23-17(14-26-30(23)2)21-24-8-7-19(28-21)27-20-12-18-16(13-25-20)22(29-32(15)18)31-9-3-4-10-31/h7-8,12-15H,3-6,9-11H2,1-2H3,(H,24,25,27,28). The molecule has 0 aromatic carbocycles. The zero-order valence-corrected chi connectivity index (χ0v) is 18.9. The van der Waals surface area contributed by atoms with Crippen molar-refractivity contribution >= 4 is 28.4 Å². The van der Waals surface area contributed by atoms with Gasteiger partial charge >= 0.3 is 0 Å². The summed E-state index contributed by atoms with van der Waals surface area (Å²) in [5.74, 6) is 3.66. The molecule has 4 aromatic heterocycles. The molecular weight excluding hydrogens is 418 g/mol. The SMILES string of the molecule is CC1CCCOc2c(cnn2C)-c2nccc(n2)Nc2cc3c(cn2)c(N2CCCC2)nn31. The van der Waals surface area contributed by atoms with Crippen LogP contribution in [-0.2, 0) is 7.05 Å². The van der Waals surface area contributed by atoms with E-state index in [0.29, 0.717) is 24.1 Å². The third-order valence-corrected chi connectivity index (χ3v) is 6.44. The van der Waals surface area contributed by atoms with Crippen molar-refractivity contribution in [2.24, 2.45) is 7.05 Å². The molecule has 1 N–H and O–H groups in total. The van der Waals surface area contributed by atoms with Crippen molar-refractivity contribution in [3.63, 3.8) is 0 Å². The average Bonchev–Trinajstić information content (AvgIpc) is 3.55. The molecule has 2 aliphatic heterocycles. The first kappa shape index (κ1) is 20.0. The topological polar surface area (TPSA) is 98.8 Å². The highest BCUT2D eigenvalue weighted by atomic mass is 16.5. The molecule has 1 fully saturated rings. The first-order chi connectivity index (χ1) is 16.2. The van der Waals surface area contributed by atoms with E-state index in [9.17, 15) is 0 Å². The average molecular weight is 446 g/mol. The molecule has 6 heterocycles. The normalized spacial score (nSPS) is 18.5. The maximum atomic E-state index is 6.14. The number of aryl methyl sites for hydroxylation is 1. The van der Waals surface area contributed by atoms with Crippen LogP contribution in [0.2, 0.25) is 0 Å². The molecule has 0 amide bonds. The van der Waals surface area contributed by atoms with Crippen molar-refractivity contribution in [3.8, 4) is 17.3 Å². The summed E-state index contributed by atoms with van der Waals surface area (Å²) in [5, 5.41) is 13.9. The molecular formula is C23H27N9O. The number of hydrogen-bond donors (Lipinski definition) is 1. The fourth-order valence-electron chi connectivity index (χ4n) is 4.69. The third-order valence-electron chi connectivity index (χ3n) is 6.44. The Morgan fingerprint density at radius 3 is 2.85 bits per heavy atom. The van der Waals surface area contributed by atoms with E-state index in [1.54, 1.807) is 17.1 Å². The minimum Gasteiger partial charge on any atom is -0.477 e. The van der Waals surface area contributed by atoms with Crippen molar-refractivity contribution in [3.05, 3.63) is 30.7 Å². The van der Waals surface area contributed by atoms with E-state index in [-0.39, 0.29) is 6.04 Å². The van der Waals surface area contributed by atoms with Crippen molar-refractivity contribution in [1.29, 1.82) is 0 Å². The van der Waals surface area contributed by atoms with Crippen LogP contribution in [0, 0.1) is 0 Å². The molecule has 0 radical (unpaired) electrons. The number of anilines is 3. The Balaban J connectivity index is 1.45. The van der Waals surface area contributed by atoms with E-state index in [0.717, 1.165) is 54.0 Å². The van der Waals surface area contributed by atoms with Gasteiger partial charge in [0.2, 0.25) is 5.88 Å². The van der Waals surface area contributed by atoms with Crippen LogP contribution in [0.15, 0.2) is 30.7 Å².